The summed E-state index contributed by atoms with van der Waals surface area (Å²) in [5.41, 5.74) is 2.64. The highest BCUT2D eigenvalue weighted by molar-refractivity contribution is 9.10. The smallest absolute Gasteiger partial charge is 0.158 e. The highest BCUT2D eigenvalue weighted by atomic mass is 79.9. The molecule has 102 valence electrons. The summed E-state index contributed by atoms with van der Waals surface area (Å²) in [6.45, 7) is 3.75. The van der Waals surface area contributed by atoms with Crippen molar-refractivity contribution in [2.24, 2.45) is 5.92 Å². The number of aromatic nitrogens is 2. The lowest BCUT2D eigenvalue weighted by molar-refractivity contribution is 0.282. The van der Waals surface area contributed by atoms with Gasteiger partial charge in [0.05, 0.1) is 12.3 Å². The number of aliphatic hydroxyl groups is 1. The highest BCUT2D eigenvalue weighted by Gasteiger charge is 2.28. The van der Waals surface area contributed by atoms with Crippen LogP contribution in [0.15, 0.2) is 21.2 Å². The summed E-state index contributed by atoms with van der Waals surface area (Å²) in [4.78, 5) is 2.27. The van der Waals surface area contributed by atoms with Gasteiger partial charge in [0.25, 0.3) is 0 Å². The van der Waals surface area contributed by atoms with E-state index in [1.165, 1.54) is 0 Å². The predicted octanol–water partition coefficient (Wildman–Crippen LogP) is 1.00. The minimum atomic E-state index is 0.188. The largest absolute Gasteiger partial charge is 0.395 e. The molecule has 19 heavy (non-hydrogen) atoms. The quantitative estimate of drug-likeness (QED) is 0.799. The number of nitrogens with zero attached hydrogens (tertiary/aromatic N) is 3. The Balaban J connectivity index is 1.68. The molecule has 0 aliphatic carbocycles. The molecule has 7 heteroatoms. The summed E-state index contributed by atoms with van der Waals surface area (Å²) in [5.74, 6) is 0.612. The fourth-order valence-electron chi connectivity index (χ4n) is 2.36. The van der Waals surface area contributed by atoms with Crippen LogP contribution in [0, 0.1) is 5.92 Å². The number of benzene rings is 1. The van der Waals surface area contributed by atoms with Gasteiger partial charge < -0.3 is 15.3 Å². The van der Waals surface area contributed by atoms with E-state index in [0.717, 1.165) is 40.8 Å². The standard InChI is InChI=1S/C12H15BrN4O2/c13-9-3-10-12(16-19-15-10)11(4-9)17-6-8(7-17)5-14-1-2-18/h3-4,8,14,18H,1-2,5-7H2. The second-order valence-electron chi connectivity index (χ2n) is 4.76. The lowest BCUT2D eigenvalue weighted by atomic mass is 9.99. The van der Waals surface area contributed by atoms with E-state index in [2.05, 4.69) is 36.5 Å². The molecule has 2 N–H and O–H groups in total. The molecule has 3 rings (SSSR count). The summed E-state index contributed by atoms with van der Waals surface area (Å²) in [7, 11) is 0. The Hall–Kier alpha value is -1.18. The highest BCUT2D eigenvalue weighted by Crippen LogP contribution is 2.32. The second kappa shape index (κ2) is 5.44. The average molecular weight is 327 g/mol. The maximum atomic E-state index is 8.72. The molecule has 1 aromatic heterocycles. The van der Waals surface area contributed by atoms with Gasteiger partial charge in [0.15, 0.2) is 5.52 Å². The van der Waals surface area contributed by atoms with Crippen LogP contribution in [0.2, 0.25) is 0 Å². The van der Waals surface area contributed by atoms with E-state index in [9.17, 15) is 0 Å². The van der Waals surface area contributed by atoms with Gasteiger partial charge >= 0.3 is 0 Å². The third-order valence-corrected chi connectivity index (χ3v) is 3.78. The number of hydrogen-bond donors (Lipinski definition) is 2. The third-order valence-electron chi connectivity index (χ3n) is 3.33. The molecule has 2 heterocycles. The molecule has 0 atom stereocenters. The van der Waals surface area contributed by atoms with Gasteiger partial charge in [-0.05, 0) is 22.4 Å². The Morgan fingerprint density at radius 1 is 1.42 bits per heavy atom. The zero-order chi connectivity index (χ0) is 13.2. The first-order chi connectivity index (χ1) is 9.28. The fourth-order valence-corrected chi connectivity index (χ4v) is 2.79. The first-order valence-corrected chi connectivity index (χ1v) is 7.05. The predicted molar refractivity (Wildman–Crippen MR) is 75.2 cm³/mol. The molecule has 1 fully saturated rings. The van der Waals surface area contributed by atoms with E-state index < -0.39 is 0 Å². The van der Waals surface area contributed by atoms with E-state index in [0.29, 0.717) is 12.5 Å². The molecule has 0 radical (unpaired) electrons. The minimum Gasteiger partial charge on any atom is -0.395 e. The molecular formula is C12H15BrN4O2. The Morgan fingerprint density at radius 3 is 3.05 bits per heavy atom. The number of nitrogens with one attached hydrogen (secondary N) is 1. The molecule has 1 saturated heterocycles. The minimum absolute atomic E-state index is 0.188. The molecule has 0 amide bonds. The van der Waals surface area contributed by atoms with Crippen molar-refractivity contribution < 1.29 is 9.74 Å². The molecule has 0 unspecified atom stereocenters. The molecule has 0 saturated carbocycles. The zero-order valence-electron chi connectivity index (χ0n) is 10.3. The molecule has 0 bridgehead atoms. The Morgan fingerprint density at radius 2 is 2.26 bits per heavy atom. The van der Waals surface area contributed by atoms with E-state index in [-0.39, 0.29) is 6.61 Å². The monoisotopic (exact) mass is 326 g/mol. The van der Waals surface area contributed by atoms with Gasteiger partial charge in [-0.2, -0.15) is 0 Å². The lowest BCUT2D eigenvalue weighted by Crippen LogP contribution is -2.51. The van der Waals surface area contributed by atoms with Crippen LogP contribution in [-0.4, -0.2) is 48.2 Å². The zero-order valence-corrected chi connectivity index (χ0v) is 11.9. The van der Waals surface area contributed by atoms with Crippen LogP contribution in [0.4, 0.5) is 5.69 Å². The summed E-state index contributed by atoms with van der Waals surface area (Å²) in [6.07, 6.45) is 0. The number of fused-ring (bicyclic) bond motifs is 1. The van der Waals surface area contributed by atoms with Crippen molar-refractivity contribution >= 4 is 32.7 Å². The van der Waals surface area contributed by atoms with Crippen LogP contribution in [0.25, 0.3) is 11.0 Å². The summed E-state index contributed by atoms with van der Waals surface area (Å²) in [5, 5.41) is 19.8. The van der Waals surface area contributed by atoms with Gasteiger partial charge in [-0.3, -0.25) is 0 Å². The fraction of sp³-hybridized carbons (Fsp3) is 0.500. The molecular weight excluding hydrogens is 312 g/mol. The first-order valence-electron chi connectivity index (χ1n) is 6.26. The van der Waals surface area contributed by atoms with E-state index in [1.807, 2.05) is 12.1 Å². The Labute approximate surface area is 118 Å². The van der Waals surface area contributed by atoms with Crippen LogP contribution < -0.4 is 10.2 Å². The van der Waals surface area contributed by atoms with Crippen LogP contribution in [0.1, 0.15) is 0 Å². The molecule has 1 aliphatic rings. The van der Waals surface area contributed by atoms with Crippen LogP contribution in [-0.2, 0) is 0 Å². The lowest BCUT2D eigenvalue weighted by Gasteiger charge is -2.41. The number of rotatable bonds is 5. The summed E-state index contributed by atoms with van der Waals surface area (Å²) < 4.78 is 5.78. The summed E-state index contributed by atoms with van der Waals surface area (Å²) >= 11 is 3.48. The van der Waals surface area contributed by atoms with Crippen molar-refractivity contribution in [1.29, 1.82) is 0 Å². The Bertz CT molecular complexity index is 568. The Kier molecular flexibility index (Phi) is 3.67. The van der Waals surface area contributed by atoms with Crippen LogP contribution >= 0.6 is 15.9 Å². The van der Waals surface area contributed by atoms with Crippen molar-refractivity contribution in [3.05, 3.63) is 16.6 Å². The number of anilines is 1. The number of aliphatic hydroxyl groups excluding tert-OH is 1. The molecule has 1 aliphatic heterocycles. The molecule has 6 nitrogen and oxygen atoms in total. The van der Waals surface area contributed by atoms with Gasteiger partial charge in [0, 0.05) is 36.6 Å². The SMILES string of the molecule is OCCNCC1CN(c2cc(Br)cc3nonc23)C1. The van der Waals surface area contributed by atoms with Crippen molar-refractivity contribution in [3.8, 4) is 0 Å². The van der Waals surface area contributed by atoms with E-state index >= 15 is 0 Å². The third kappa shape index (κ3) is 2.58. The number of hydrogen-bond acceptors (Lipinski definition) is 6. The average Bonchev–Trinajstić information content (AvgIpc) is 2.79. The van der Waals surface area contributed by atoms with Gasteiger partial charge in [0.1, 0.15) is 5.52 Å². The van der Waals surface area contributed by atoms with Crippen LogP contribution in [0.3, 0.4) is 0 Å². The molecule has 0 spiro atoms. The maximum absolute atomic E-state index is 8.72. The second-order valence-corrected chi connectivity index (χ2v) is 5.67. The van der Waals surface area contributed by atoms with Gasteiger partial charge in [0.2, 0.25) is 0 Å². The van der Waals surface area contributed by atoms with Crippen LogP contribution in [0.5, 0.6) is 0 Å². The van der Waals surface area contributed by atoms with Crippen molar-refractivity contribution in [2.45, 2.75) is 0 Å². The van der Waals surface area contributed by atoms with Crippen molar-refractivity contribution in [3.63, 3.8) is 0 Å². The molecule has 2 aromatic rings. The van der Waals surface area contributed by atoms with Gasteiger partial charge in [-0.1, -0.05) is 15.9 Å². The maximum Gasteiger partial charge on any atom is 0.158 e. The molecule has 1 aromatic carbocycles. The summed E-state index contributed by atoms with van der Waals surface area (Å²) in [6, 6.07) is 3.94. The number of halogens is 1. The van der Waals surface area contributed by atoms with E-state index in [1.54, 1.807) is 0 Å². The topological polar surface area (TPSA) is 74.4 Å². The van der Waals surface area contributed by atoms with Gasteiger partial charge in [-0.25, -0.2) is 4.63 Å². The normalized spacial score (nSPS) is 16.0. The van der Waals surface area contributed by atoms with E-state index in [4.69, 9.17) is 9.74 Å². The first kappa shape index (κ1) is 12.8. The van der Waals surface area contributed by atoms with Crippen molar-refractivity contribution in [2.75, 3.05) is 37.7 Å². The van der Waals surface area contributed by atoms with Gasteiger partial charge in [-0.15, -0.1) is 0 Å². The van der Waals surface area contributed by atoms with Crippen molar-refractivity contribution in [1.82, 2.24) is 15.6 Å².